The van der Waals surface area contributed by atoms with Crippen molar-refractivity contribution in [1.82, 2.24) is 29.9 Å². The van der Waals surface area contributed by atoms with Gasteiger partial charge in [-0.15, -0.1) is 0 Å². The number of carbonyl (C=O) groups excluding carboxylic acids is 1. The van der Waals surface area contributed by atoms with Crippen LogP contribution in [0.5, 0.6) is 0 Å². The van der Waals surface area contributed by atoms with Crippen LogP contribution in [0.3, 0.4) is 0 Å². The third-order valence-corrected chi connectivity index (χ3v) is 5.88. The Morgan fingerprint density at radius 1 is 0.462 bits per heavy atom. The van der Waals surface area contributed by atoms with Crippen LogP contribution in [0, 0.1) is 0 Å². The van der Waals surface area contributed by atoms with Gasteiger partial charge in [-0.25, -0.2) is 9.97 Å². The summed E-state index contributed by atoms with van der Waals surface area (Å²) in [6, 6.07) is 29.4. The van der Waals surface area contributed by atoms with Crippen LogP contribution in [0.25, 0.3) is 45.6 Å². The number of aromatic nitrogens is 6. The molecule has 6 heterocycles. The Bertz CT molecular complexity index is 1610. The molecule has 0 atom stereocenters. The second kappa shape index (κ2) is 10.8. The lowest BCUT2D eigenvalue weighted by molar-refractivity contribution is 0.102. The molecule has 39 heavy (non-hydrogen) atoms. The Morgan fingerprint density at radius 2 is 0.821 bits per heavy atom. The minimum Gasteiger partial charge on any atom is -0.322 e. The minimum atomic E-state index is -0.308. The van der Waals surface area contributed by atoms with Crippen molar-refractivity contribution in [2.24, 2.45) is 0 Å². The molecular weight excluding hydrogens is 486 g/mol. The van der Waals surface area contributed by atoms with Gasteiger partial charge >= 0.3 is 0 Å². The molecule has 0 aliphatic heterocycles. The average Bonchev–Trinajstić information content (AvgIpc) is 3.02. The summed E-state index contributed by atoms with van der Waals surface area (Å²) in [5.74, 6) is -0.308. The Balaban J connectivity index is 1.41. The van der Waals surface area contributed by atoms with Crippen molar-refractivity contribution in [2.75, 3.05) is 5.32 Å². The Hall–Kier alpha value is -5.63. The maximum absolute atomic E-state index is 13.6. The number of pyridine rings is 6. The second-order valence-electron chi connectivity index (χ2n) is 8.57. The van der Waals surface area contributed by atoms with Crippen molar-refractivity contribution in [3.05, 3.63) is 127 Å². The van der Waals surface area contributed by atoms with Gasteiger partial charge in [0, 0.05) is 36.0 Å². The molecule has 0 aromatic carbocycles. The first-order valence-corrected chi connectivity index (χ1v) is 12.2. The lowest BCUT2D eigenvalue weighted by Gasteiger charge is -2.12. The van der Waals surface area contributed by atoms with Crippen LogP contribution in [0.2, 0.25) is 0 Å². The molecule has 0 aliphatic rings. The normalized spacial score (nSPS) is 10.7. The third kappa shape index (κ3) is 5.40. The van der Waals surface area contributed by atoms with Gasteiger partial charge in [-0.05, 0) is 72.8 Å². The van der Waals surface area contributed by atoms with Gasteiger partial charge in [0.25, 0.3) is 5.91 Å². The summed E-state index contributed by atoms with van der Waals surface area (Å²) in [7, 11) is 0. The molecule has 1 N–H and O–H groups in total. The summed E-state index contributed by atoms with van der Waals surface area (Å²) in [4.78, 5) is 40.9. The number of nitrogens with one attached hydrogen (secondary N) is 1. The van der Waals surface area contributed by atoms with E-state index in [0.29, 0.717) is 56.8 Å². The van der Waals surface area contributed by atoms with E-state index in [1.54, 1.807) is 49.1 Å². The Morgan fingerprint density at radius 3 is 1.15 bits per heavy atom. The predicted octanol–water partition coefficient (Wildman–Crippen LogP) is 5.98. The molecule has 186 valence electrons. The summed E-state index contributed by atoms with van der Waals surface area (Å²) >= 11 is 0. The highest BCUT2D eigenvalue weighted by Gasteiger charge is 2.16. The molecule has 1 amide bonds. The second-order valence-corrected chi connectivity index (χ2v) is 8.57. The van der Waals surface area contributed by atoms with Crippen molar-refractivity contribution in [3.8, 4) is 45.6 Å². The molecule has 0 aliphatic carbocycles. The first-order valence-electron chi connectivity index (χ1n) is 12.2. The zero-order valence-corrected chi connectivity index (χ0v) is 20.6. The quantitative estimate of drug-likeness (QED) is 0.296. The molecule has 0 fully saturated rings. The Kier molecular flexibility index (Phi) is 6.56. The number of amides is 1. The van der Waals surface area contributed by atoms with E-state index in [4.69, 9.17) is 9.97 Å². The topological polar surface area (TPSA) is 106 Å². The largest absolute Gasteiger partial charge is 0.322 e. The molecule has 6 aromatic rings. The van der Waals surface area contributed by atoms with Gasteiger partial charge in [-0.1, -0.05) is 24.3 Å². The van der Waals surface area contributed by atoms with E-state index in [9.17, 15) is 4.79 Å². The van der Waals surface area contributed by atoms with Crippen molar-refractivity contribution < 1.29 is 4.79 Å². The predicted molar refractivity (Wildman–Crippen MR) is 149 cm³/mol. The van der Waals surface area contributed by atoms with Gasteiger partial charge in [0.05, 0.1) is 45.6 Å². The molecule has 0 unspecified atom stereocenters. The van der Waals surface area contributed by atoms with E-state index in [1.807, 2.05) is 72.8 Å². The average molecular weight is 508 g/mol. The first-order chi connectivity index (χ1) is 19.2. The molecule has 0 saturated heterocycles. The van der Waals surface area contributed by atoms with E-state index >= 15 is 0 Å². The van der Waals surface area contributed by atoms with E-state index in [-0.39, 0.29) is 5.91 Å². The maximum Gasteiger partial charge on any atom is 0.255 e. The van der Waals surface area contributed by atoms with Crippen LogP contribution in [0.1, 0.15) is 10.4 Å². The number of hydrogen-bond donors (Lipinski definition) is 1. The van der Waals surface area contributed by atoms with Crippen LogP contribution in [0.15, 0.2) is 122 Å². The standard InChI is InChI=1S/C31H21N7O/c39-31(21-17-27(23-9-1-5-13-32-23)37-28(18-21)24-10-2-6-14-33-24)36-22-19-29(25-11-3-7-15-34-25)38-30(20-22)26-12-4-8-16-35-26/h1-20H,(H,36,38,39). The summed E-state index contributed by atoms with van der Waals surface area (Å²) in [5.41, 5.74) is 6.04. The first kappa shape index (κ1) is 23.7. The van der Waals surface area contributed by atoms with E-state index in [0.717, 1.165) is 0 Å². The molecular formula is C31H21N7O. The van der Waals surface area contributed by atoms with Crippen molar-refractivity contribution in [2.45, 2.75) is 0 Å². The van der Waals surface area contributed by atoms with Crippen molar-refractivity contribution >= 4 is 11.6 Å². The number of rotatable bonds is 6. The lowest BCUT2D eigenvalue weighted by atomic mass is 10.1. The number of hydrogen-bond acceptors (Lipinski definition) is 7. The van der Waals surface area contributed by atoms with Crippen LogP contribution in [0.4, 0.5) is 5.69 Å². The fourth-order valence-electron chi connectivity index (χ4n) is 4.05. The molecule has 0 bridgehead atoms. The van der Waals surface area contributed by atoms with Crippen molar-refractivity contribution in [3.63, 3.8) is 0 Å². The molecule has 8 heteroatoms. The monoisotopic (exact) mass is 507 g/mol. The number of nitrogens with zero attached hydrogens (tertiary/aromatic N) is 6. The highest BCUT2D eigenvalue weighted by Crippen LogP contribution is 2.27. The van der Waals surface area contributed by atoms with Gasteiger partial charge in [0.15, 0.2) is 0 Å². The molecule has 6 rings (SSSR count). The molecule has 8 nitrogen and oxygen atoms in total. The van der Waals surface area contributed by atoms with Gasteiger partial charge in [0.2, 0.25) is 0 Å². The summed E-state index contributed by atoms with van der Waals surface area (Å²) in [6.07, 6.45) is 6.80. The van der Waals surface area contributed by atoms with Gasteiger partial charge in [-0.2, -0.15) is 0 Å². The maximum atomic E-state index is 13.6. The fourth-order valence-corrected chi connectivity index (χ4v) is 4.05. The van der Waals surface area contributed by atoms with Crippen LogP contribution in [-0.2, 0) is 0 Å². The van der Waals surface area contributed by atoms with Gasteiger partial charge < -0.3 is 5.32 Å². The smallest absolute Gasteiger partial charge is 0.255 e. The van der Waals surface area contributed by atoms with Crippen LogP contribution < -0.4 is 5.32 Å². The number of anilines is 1. The van der Waals surface area contributed by atoms with E-state index in [1.165, 1.54) is 0 Å². The summed E-state index contributed by atoms with van der Waals surface area (Å²) in [6.45, 7) is 0. The highest BCUT2D eigenvalue weighted by molar-refractivity contribution is 6.05. The Labute approximate surface area is 224 Å². The third-order valence-electron chi connectivity index (χ3n) is 5.88. The zero-order valence-electron chi connectivity index (χ0n) is 20.6. The summed E-state index contributed by atoms with van der Waals surface area (Å²) < 4.78 is 0. The van der Waals surface area contributed by atoms with E-state index in [2.05, 4.69) is 25.3 Å². The highest BCUT2D eigenvalue weighted by atomic mass is 16.1. The minimum absolute atomic E-state index is 0.308. The fraction of sp³-hybridized carbons (Fsp3) is 0. The number of carbonyl (C=O) groups is 1. The molecule has 0 radical (unpaired) electrons. The van der Waals surface area contributed by atoms with E-state index < -0.39 is 0 Å². The molecule has 6 aromatic heterocycles. The SMILES string of the molecule is O=C(Nc1cc(-c2ccccn2)nc(-c2ccccn2)c1)c1cc(-c2ccccn2)nc(-c2ccccn2)c1. The zero-order chi connectivity index (χ0) is 26.4. The van der Waals surface area contributed by atoms with Gasteiger partial charge in [0.1, 0.15) is 0 Å². The van der Waals surface area contributed by atoms with Crippen LogP contribution in [-0.4, -0.2) is 35.8 Å². The molecule has 0 spiro atoms. The van der Waals surface area contributed by atoms with Crippen molar-refractivity contribution in [1.29, 1.82) is 0 Å². The van der Waals surface area contributed by atoms with Gasteiger partial charge in [-0.3, -0.25) is 24.7 Å². The summed E-state index contributed by atoms with van der Waals surface area (Å²) in [5, 5.41) is 3.03. The lowest BCUT2D eigenvalue weighted by Crippen LogP contribution is -2.13. The van der Waals surface area contributed by atoms with Crippen LogP contribution >= 0.6 is 0 Å². The molecule has 0 saturated carbocycles.